The molecule has 0 bridgehead atoms. The molecule has 0 atom stereocenters. The van der Waals surface area contributed by atoms with Crippen molar-refractivity contribution >= 4 is 22.9 Å². The van der Waals surface area contributed by atoms with Crippen LogP contribution in [0.15, 0.2) is 30.6 Å². The molecular formula is C23H25NO4. The van der Waals surface area contributed by atoms with Gasteiger partial charge in [-0.05, 0) is 34.6 Å². The SMILES string of the molecule is CC(C)(C)c1cc(C2=C(O)c3ccncc3C(=O)C2=O)cc(C(C)(C)C)c1O. The maximum absolute atomic E-state index is 12.8. The van der Waals surface area contributed by atoms with Gasteiger partial charge in [-0.2, -0.15) is 0 Å². The highest BCUT2D eigenvalue weighted by Crippen LogP contribution is 2.43. The lowest BCUT2D eigenvalue weighted by Gasteiger charge is -2.29. The Morgan fingerprint density at radius 3 is 1.86 bits per heavy atom. The van der Waals surface area contributed by atoms with Crippen molar-refractivity contribution in [2.75, 3.05) is 0 Å². The summed E-state index contributed by atoms with van der Waals surface area (Å²) in [5.41, 5.74) is 1.26. The summed E-state index contributed by atoms with van der Waals surface area (Å²) < 4.78 is 0. The Morgan fingerprint density at radius 1 is 0.821 bits per heavy atom. The van der Waals surface area contributed by atoms with Gasteiger partial charge in [0.05, 0.1) is 11.1 Å². The van der Waals surface area contributed by atoms with E-state index in [0.717, 1.165) is 0 Å². The smallest absolute Gasteiger partial charge is 0.237 e. The predicted molar refractivity (Wildman–Crippen MR) is 109 cm³/mol. The van der Waals surface area contributed by atoms with Crippen molar-refractivity contribution in [3.05, 3.63) is 58.4 Å². The molecule has 1 aromatic heterocycles. The number of ketones is 2. The maximum atomic E-state index is 12.8. The van der Waals surface area contributed by atoms with Crippen LogP contribution in [0.25, 0.3) is 11.3 Å². The number of aliphatic hydroxyl groups is 1. The number of aromatic nitrogens is 1. The number of Topliss-reactive ketones (excluding diaryl/α,β-unsaturated/α-hetero) is 2. The second kappa shape index (κ2) is 6.30. The molecule has 1 heterocycles. The van der Waals surface area contributed by atoms with E-state index in [0.29, 0.717) is 16.7 Å². The molecule has 0 amide bonds. The highest BCUT2D eigenvalue weighted by Gasteiger charge is 2.36. The van der Waals surface area contributed by atoms with E-state index in [1.54, 1.807) is 12.1 Å². The lowest BCUT2D eigenvalue weighted by atomic mass is 9.76. The standard InChI is InChI=1S/C23H25NO4/c1-22(2,3)15-9-12(10-16(20(15)27)23(4,5)6)17-18(25)13-7-8-24-11-14(13)19(26)21(17)28/h7-11,25,27H,1-6H3. The highest BCUT2D eigenvalue weighted by molar-refractivity contribution is 6.62. The monoisotopic (exact) mass is 379 g/mol. The van der Waals surface area contributed by atoms with Crippen LogP contribution in [0, 0.1) is 0 Å². The maximum Gasteiger partial charge on any atom is 0.237 e. The van der Waals surface area contributed by atoms with Gasteiger partial charge in [-0.3, -0.25) is 14.6 Å². The molecule has 0 saturated heterocycles. The molecule has 1 aromatic carbocycles. The average Bonchev–Trinajstić information content (AvgIpc) is 2.59. The molecular weight excluding hydrogens is 354 g/mol. The van der Waals surface area contributed by atoms with Gasteiger partial charge in [-0.15, -0.1) is 0 Å². The van der Waals surface area contributed by atoms with E-state index in [9.17, 15) is 19.8 Å². The minimum atomic E-state index is -0.775. The number of phenols is 1. The number of carbonyl (C=O) groups excluding carboxylic acids is 2. The minimum Gasteiger partial charge on any atom is -0.507 e. The van der Waals surface area contributed by atoms with Crippen molar-refractivity contribution in [3.63, 3.8) is 0 Å². The van der Waals surface area contributed by atoms with Crippen LogP contribution in [0.3, 0.4) is 0 Å². The summed E-state index contributed by atoms with van der Waals surface area (Å²) in [4.78, 5) is 29.3. The summed E-state index contributed by atoms with van der Waals surface area (Å²) in [7, 11) is 0. The Kier molecular flexibility index (Phi) is 4.45. The van der Waals surface area contributed by atoms with Gasteiger partial charge in [0.25, 0.3) is 0 Å². The van der Waals surface area contributed by atoms with Gasteiger partial charge in [0.2, 0.25) is 11.6 Å². The zero-order chi connectivity index (χ0) is 21.0. The first-order chi connectivity index (χ1) is 12.8. The first-order valence-corrected chi connectivity index (χ1v) is 9.19. The molecule has 28 heavy (non-hydrogen) atoms. The number of fused-ring (bicyclic) bond motifs is 1. The zero-order valence-electron chi connectivity index (χ0n) is 17.0. The quantitative estimate of drug-likeness (QED) is 0.709. The van der Waals surface area contributed by atoms with Crippen molar-refractivity contribution in [2.24, 2.45) is 0 Å². The molecule has 2 N–H and O–H groups in total. The summed E-state index contributed by atoms with van der Waals surface area (Å²) in [5, 5.41) is 21.7. The lowest BCUT2D eigenvalue weighted by molar-refractivity contribution is -0.110. The summed E-state index contributed by atoms with van der Waals surface area (Å²) in [6.07, 6.45) is 2.76. The van der Waals surface area contributed by atoms with Gasteiger partial charge < -0.3 is 10.2 Å². The molecule has 0 fully saturated rings. The molecule has 3 rings (SSSR count). The first-order valence-electron chi connectivity index (χ1n) is 9.19. The minimum absolute atomic E-state index is 0.0419. The molecule has 0 radical (unpaired) electrons. The fourth-order valence-corrected chi connectivity index (χ4v) is 3.45. The second-order valence-electron chi connectivity index (χ2n) is 9.22. The molecule has 0 aliphatic heterocycles. The van der Waals surface area contributed by atoms with Crippen molar-refractivity contribution < 1.29 is 19.8 Å². The first kappa shape index (κ1) is 19.8. The van der Waals surface area contributed by atoms with E-state index < -0.39 is 22.4 Å². The molecule has 0 saturated carbocycles. The fourth-order valence-electron chi connectivity index (χ4n) is 3.45. The lowest BCUT2D eigenvalue weighted by Crippen LogP contribution is -2.24. The number of allylic oxidation sites excluding steroid dienone is 1. The van der Waals surface area contributed by atoms with Crippen LogP contribution in [0.4, 0.5) is 0 Å². The number of phenolic OH excluding ortho intramolecular Hbond substituents is 1. The number of hydrogen-bond acceptors (Lipinski definition) is 5. The molecule has 0 spiro atoms. The van der Waals surface area contributed by atoms with Crippen LogP contribution in [-0.4, -0.2) is 26.8 Å². The average molecular weight is 379 g/mol. The van der Waals surface area contributed by atoms with Crippen molar-refractivity contribution in [2.45, 2.75) is 52.4 Å². The van der Waals surface area contributed by atoms with Gasteiger partial charge in [0, 0.05) is 29.1 Å². The molecule has 146 valence electrons. The largest absolute Gasteiger partial charge is 0.507 e. The molecule has 5 heteroatoms. The van der Waals surface area contributed by atoms with E-state index in [4.69, 9.17) is 0 Å². The molecule has 2 aromatic rings. The number of aromatic hydroxyl groups is 1. The summed E-state index contributed by atoms with van der Waals surface area (Å²) in [6.45, 7) is 11.8. The second-order valence-corrected chi connectivity index (χ2v) is 9.22. The van der Waals surface area contributed by atoms with Crippen LogP contribution in [0.1, 0.15) is 74.2 Å². The number of pyridine rings is 1. The summed E-state index contributed by atoms with van der Waals surface area (Å²) in [5.74, 6) is -1.54. The van der Waals surface area contributed by atoms with Crippen molar-refractivity contribution in [1.29, 1.82) is 0 Å². The van der Waals surface area contributed by atoms with Gasteiger partial charge in [-0.25, -0.2) is 0 Å². The Balaban J connectivity index is 2.38. The number of nitrogens with zero attached hydrogens (tertiary/aromatic N) is 1. The molecule has 5 nitrogen and oxygen atoms in total. The number of benzene rings is 1. The van der Waals surface area contributed by atoms with Gasteiger partial charge in [0.1, 0.15) is 11.5 Å². The third-order valence-corrected chi connectivity index (χ3v) is 5.01. The van der Waals surface area contributed by atoms with E-state index in [2.05, 4.69) is 4.98 Å². The Morgan fingerprint density at radius 2 is 1.36 bits per heavy atom. The zero-order valence-corrected chi connectivity index (χ0v) is 17.0. The predicted octanol–water partition coefficient (Wildman–Crippen LogP) is 4.57. The third kappa shape index (κ3) is 3.11. The van der Waals surface area contributed by atoms with Crippen LogP contribution in [0.5, 0.6) is 5.75 Å². The van der Waals surface area contributed by atoms with Crippen molar-refractivity contribution in [3.8, 4) is 5.75 Å². The number of rotatable bonds is 1. The van der Waals surface area contributed by atoms with E-state index in [1.807, 2.05) is 41.5 Å². The Hall–Kier alpha value is -2.95. The number of carbonyl (C=O) groups is 2. The van der Waals surface area contributed by atoms with E-state index in [1.165, 1.54) is 18.5 Å². The molecule has 1 aliphatic rings. The highest BCUT2D eigenvalue weighted by atomic mass is 16.3. The molecule has 1 aliphatic carbocycles. The number of aliphatic hydroxyl groups excluding tert-OH is 1. The van der Waals surface area contributed by atoms with Crippen LogP contribution in [-0.2, 0) is 15.6 Å². The summed E-state index contributed by atoms with van der Waals surface area (Å²) in [6, 6.07) is 4.89. The topological polar surface area (TPSA) is 87.5 Å². The van der Waals surface area contributed by atoms with Gasteiger partial charge in [0.15, 0.2) is 0 Å². The third-order valence-electron chi connectivity index (χ3n) is 5.01. The van der Waals surface area contributed by atoms with Crippen LogP contribution in [0.2, 0.25) is 0 Å². The van der Waals surface area contributed by atoms with Crippen LogP contribution < -0.4 is 0 Å². The Bertz CT molecular complexity index is 998. The van der Waals surface area contributed by atoms with E-state index >= 15 is 0 Å². The fraction of sp³-hybridized carbons (Fsp3) is 0.348. The van der Waals surface area contributed by atoms with E-state index in [-0.39, 0.29) is 28.2 Å². The van der Waals surface area contributed by atoms with Gasteiger partial charge >= 0.3 is 0 Å². The van der Waals surface area contributed by atoms with Crippen LogP contribution >= 0.6 is 0 Å². The number of hydrogen-bond donors (Lipinski definition) is 2. The van der Waals surface area contributed by atoms with Gasteiger partial charge in [-0.1, -0.05) is 41.5 Å². The summed E-state index contributed by atoms with van der Waals surface area (Å²) >= 11 is 0. The normalized spacial score (nSPS) is 15.1. The molecule has 0 unspecified atom stereocenters. The van der Waals surface area contributed by atoms with Crippen molar-refractivity contribution in [1.82, 2.24) is 4.98 Å². The Labute approximate surface area is 164 Å².